The van der Waals surface area contributed by atoms with Gasteiger partial charge in [-0.05, 0) is 47.5 Å². The van der Waals surface area contributed by atoms with Crippen LogP contribution < -0.4 is 0 Å². The number of rotatable bonds is 8. The van der Waals surface area contributed by atoms with Crippen LogP contribution in [-0.4, -0.2) is 72.9 Å². The molecule has 1 aliphatic rings. The molecule has 1 fully saturated rings. The molecule has 2 aromatic carbocycles. The predicted molar refractivity (Wildman–Crippen MR) is 126 cm³/mol. The molecule has 1 aliphatic heterocycles. The number of esters is 2. The van der Waals surface area contributed by atoms with Crippen molar-refractivity contribution in [3.63, 3.8) is 0 Å². The second kappa shape index (κ2) is 12.9. The first-order valence-corrected chi connectivity index (χ1v) is 11.1. The lowest BCUT2D eigenvalue weighted by Gasteiger charge is -2.34. The quantitative estimate of drug-likeness (QED) is 0.410. The van der Waals surface area contributed by atoms with E-state index in [0.29, 0.717) is 11.1 Å². The van der Waals surface area contributed by atoms with Crippen LogP contribution in [0.1, 0.15) is 11.1 Å². The summed E-state index contributed by atoms with van der Waals surface area (Å²) in [5.41, 5.74) is 0.958. The van der Waals surface area contributed by atoms with E-state index in [2.05, 4.69) is 0 Å². The van der Waals surface area contributed by atoms with E-state index in [1.807, 2.05) is 0 Å². The molecule has 0 atom stereocenters. The number of benzene rings is 2. The Kier molecular flexibility index (Phi) is 9.44. The summed E-state index contributed by atoms with van der Waals surface area (Å²) < 4.78 is 36.2. The molecule has 3 rings (SSSR count). The largest absolute Gasteiger partial charge is 0.452 e. The van der Waals surface area contributed by atoms with Crippen molar-refractivity contribution in [2.75, 3.05) is 39.4 Å². The summed E-state index contributed by atoms with van der Waals surface area (Å²) >= 11 is 0. The van der Waals surface area contributed by atoms with Crippen molar-refractivity contribution in [3.05, 3.63) is 83.4 Å². The van der Waals surface area contributed by atoms with E-state index in [4.69, 9.17) is 9.47 Å². The van der Waals surface area contributed by atoms with Gasteiger partial charge in [-0.3, -0.25) is 9.59 Å². The Bertz CT molecular complexity index is 1080. The zero-order valence-electron chi connectivity index (χ0n) is 19.3. The highest BCUT2D eigenvalue weighted by molar-refractivity contribution is 5.90. The van der Waals surface area contributed by atoms with E-state index >= 15 is 0 Å². The van der Waals surface area contributed by atoms with Gasteiger partial charge in [-0.2, -0.15) is 0 Å². The number of hydrogen-bond acceptors (Lipinski definition) is 6. The number of halogens is 2. The number of piperazine rings is 1. The van der Waals surface area contributed by atoms with Gasteiger partial charge in [-0.15, -0.1) is 0 Å². The van der Waals surface area contributed by atoms with E-state index in [1.54, 1.807) is 12.1 Å². The first-order valence-electron chi connectivity index (χ1n) is 11.1. The normalized spacial score (nSPS) is 13.7. The van der Waals surface area contributed by atoms with Crippen LogP contribution in [0, 0.1) is 11.6 Å². The second-order valence-electron chi connectivity index (χ2n) is 7.75. The third kappa shape index (κ3) is 8.46. The molecule has 0 aromatic heterocycles. The summed E-state index contributed by atoms with van der Waals surface area (Å²) in [5.74, 6) is -3.18. The maximum atomic E-state index is 13.1. The van der Waals surface area contributed by atoms with Crippen LogP contribution in [0.3, 0.4) is 0 Å². The van der Waals surface area contributed by atoms with Crippen LogP contribution in [0.5, 0.6) is 0 Å². The molecule has 1 saturated heterocycles. The summed E-state index contributed by atoms with van der Waals surface area (Å²) in [6.07, 6.45) is 4.97. The Morgan fingerprint density at radius 2 is 1.08 bits per heavy atom. The topological polar surface area (TPSA) is 93.2 Å². The molecular weight excluding hydrogens is 474 g/mol. The fourth-order valence-electron chi connectivity index (χ4n) is 3.30. The lowest BCUT2D eigenvalue weighted by molar-refractivity contribution is -0.152. The van der Waals surface area contributed by atoms with Crippen molar-refractivity contribution in [2.45, 2.75) is 0 Å². The predicted octanol–water partition coefficient (Wildman–Crippen LogP) is 2.45. The molecule has 2 amide bonds. The summed E-state index contributed by atoms with van der Waals surface area (Å²) in [4.78, 5) is 51.1. The minimum Gasteiger partial charge on any atom is -0.452 e. The lowest BCUT2D eigenvalue weighted by Crippen LogP contribution is -2.52. The number of hydrogen-bond donors (Lipinski definition) is 0. The van der Waals surface area contributed by atoms with Crippen molar-refractivity contribution in [1.29, 1.82) is 0 Å². The highest BCUT2D eigenvalue weighted by Crippen LogP contribution is 2.08. The molecule has 0 bridgehead atoms. The molecule has 0 N–H and O–H groups in total. The van der Waals surface area contributed by atoms with Crippen molar-refractivity contribution in [3.8, 4) is 0 Å². The lowest BCUT2D eigenvalue weighted by atomic mass is 10.2. The van der Waals surface area contributed by atoms with Crippen LogP contribution in [-0.2, 0) is 28.7 Å². The maximum Gasteiger partial charge on any atom is 0.331 e. The molecule has 0 radical (unpaired) electrons. The van der Waals surface area contributed by atoms with Gasteiger partial charge in [0.2, 0.25) is 0 Å². The monoisotopic (exact) mass is 498 g/mol. The second-order valence-corrected chi connectivity index (χ2v) is 7.75. The number of amides is 2. The van der Waals surface area contributed by atoms with Crippen molar-refractivity contribution in [2.24, 2.45) is 0 Å². The molecule has 188 valence electrons. The molecule has 0 aliphatic carbocycles. The van der Waals surface area contributed by atoms with Crippen molar-refractivity contribution < 1.29 is 37.4 Å². The molecule has 1 heterocycles. The van der Waals surface area contributed by atoms with Gasteiger partial charge >= 0.3 is 11.9 Å². The third-order valence-corrected chi connectivity index (χ3v) is 5.18. The van der Waals surface area contributed by atoms with Gasteiger partial charge in [0.1, 0.15) is 11.6 Å². The van der Waals surface area contributed by atoms with E-state index in [-0.39, 0.29) is 26.2 Å². The summed E-state index contributed by atoms with van der Waals surface area (Å²) in [6.45, 7) is -0.00221. The fraction of sp³-hybridized carbons (Fsp3) is 0.231. The fourth-order valence-corrected chi connectivity index (χ4v) is 3.30. The highest BCUT2D eigenvalue weighted by Gasteiger charge is 2.25. The average Bonchev–Trinajstić information content (AvgIpc) is 2.88. The van der Waals surface area contributed by atoms with Crippen LogP contribution in [0.15, 0.2) is 60.7 Å². The molecule has 0 unspecified atom stereocenters. The zero-order chi connectivity index (χ0) is 25.9. The zero-order valence-corrected chi connectivity index (χ0v) is 19.3. The smallest absolute Gasteiger partial charge is 0.331 e. The number of carbonyl (C=O) groups is 4. The Hall–Kier alpha value is -4.34. The molecular formula is C26H24F2N2O6. The van der Waals surface area contributed by atoms with E-state index in [1.165, 1.54) is 58.4 Å². The van der Waals surface area contributed by atoms with Gasteiger partial charge in [0.25, 0.3) is 11.8 Å². The number of nitrogens with zero attached hydrogens (tertiary/aromatic N) is 2. The maximum absolute atomic E-state index is 13.1. The summed E-state index contributed by atoms with van der Waals surface area (Å²) in [6, 6.07) is 11.3. The molecule has 36 heavy (non-hydrogen) atoms. The molecule has 0 saturated carbocycles. The molecule has 8 nitrogen and oxygen atoms in total. The van der Waals surface area contributed by atoms with Gasteiger partial charge in [0.15, 0.2) is 13.2 Å². The average molecular weight is 498 g/mol. The Morgan fingerprint density at radius 1 is 0.694 bits per heavy atom. The standard InChI is InChI=1S/C26H24F2N2O6/c27-21-5-1-3-19(15-21)7-9-25(33)35-17-23(31)29-11-13-30(14-12-29)24(32)18-36-26(34)10-8-20-4-2-6-22(28)16-20/h1-10,15-16H,11-14,17-18H2/b9-7+,10-8+. The molecule has 0 spiro atoms. The first-order chi connectivity index (χ1) is 17.3. The minimum absolute atomic E-state index is 0.231. The van der Waals surface area contributed by atoms with Gasteiger partial charge < -0.3 is 19.3 Å². The Labute approximate surface area is 206 Å². The van der Waals surface area contributed by atoms with Crippen LogP contribution in [0.2, 0.25) is 0 Å². The van der Waals surface area contributed by atoms with Crippen LogP contribution >= 0.6 is 0 Å². The van der Waals surface area contributed by atoms with Gasteiger partial charge in [0.05, 0.1) is 0 Å². The highest BCUT2D eigenvalue weighted by atomic mass is 19.1. The number of ether oxygens (including phenoxy) is 2. The summed E-state index contributed by atoms with van der Waals surface area (Å²) in [7, 11) is 0. The van der Waals surface area contributed by atoms with Crippen LogP contribution in [0.25, 0.3) is 12.2 Å². The van der Waals surface area contributed by atoms with Gasteiger partial charge in [0, 0.05) is 38.3 Å². The van der Waals surface area contributed by atoms with Crippen molar-refractivity contribution in [1.82, 2.24) is 9.80 Å². The Morgan fingerprint density at radius 3 is 1.44 bits per heavy atom. The van der Waals surface area contributed by atoms with Gasteiger partial charge in [-0.25, -0.2) is 18.4 Å². The van der Waals surface area contributed by atoms with E-state index < -0.39 is 48.6 Å². The van der Waals surface area contributed by atoms with E-state index in [0.717, 1.165) is 12.2 Å². The Balaban J connectivity index is 1.35. The van der Waals surface area contributed by atoms with Gasteiger partial charge in [-0.1, -0.05) is 24.3 Å². The summed E-state index contributed by atoms with van der Waals surface area (Å²) in [5, 5.41) is 0. The van der Waals surface area contributed by atoms with Crippen LogP contribution in [0.4, 0.5) is 8.78 Å². The van der Waals surface area contributed by atoms with Crippen molar-refractivity contribution >= 4 is 35.9 Å². The third-order valence-electron chi connectivity index (χ3n) is 5.18. The minimum atomic E-state index is -0.741. The molecule has 10 heteroatoms. The number of carbonyl (C=O) groups excluding carboxylic acids is 4. The molecule has 2 aromatic rings. The SMILES string of the molecule is O=C(/C=C/c1cccc(F)c1)OCC(=O)N1CCN(C(=O)COC(=O)/C=C/c2cccc(F)c2)CC1. The van der Waals surface area contributed by atoms with E-state index in [9.17, 15) is 28.0 Å². The first kappa shape index (κ1) is 26.3.